The summed E-state index contributed by atoms with van der Waals surface area (Å²) in [5.74, 6) is 0.550. The monoisotopic (exact) mass is 454 g/mol. The number of ether oxygens (including phenoxy) is 1. The Morgan fingerprint density at radius 1 is 1.10 bits per heavy atom. The van der Waals surface area contributed by atoms with Gasteiger partial charge in [0.1, 0.15) is 24.0 Å². The Morgan fingerprint density at radius 3 is 2.79 bits per heavy atom. The van der Waals surface area contributed by atoms with Crippen LogP contribution in [0.5, 0.6) is 5.75 Å². The number of nitrogens with one attached hydrogen (secondary N) is 1. The number of benzene rings is 2. The lowest BCUT2D eigenvalue weighted by atomic mass is 9.92. The van der Waals surface area contributed by atoms with Gasteiger partial charge in [-0.05, 0) is 49.2 Å². The van der Waals surface area contributed by atoms with Crippen LogP contribution in [-0.2, 0) is 0 Å². The number of hydrogen-bond acceptors (Lipinski definition) is 6. The van der Waals surface area contributed by atoms with Crippen molar-refractivity contribution in [3.8, 4) is 5.75 Å². The Bertz CT molecular complexity index is 1240. The van der Waals surface area contributed by atoms with E-state index in [2.05, 4.69) is 36.2 Å². The first-order valence-corrected chi connectivity index (χ1v) is 9.98. The highest BCUT2D eigenvalue weighted by molar-refractivity contribution is 9.10. The fraction of sp³-hybridized carbons (Fsp3) is 0.190. The molecule has 0 bridgehead atoms. The average Bonchev–Trinajstić information content (AvgIpc) is 2.72. The van der Waals surface area contributed by atoms with Gasteiger partial charge in [-0.1, -0.05) is 15.9 Å². The Hall–Kier alpha value is -2.84. The minimum atomic E-state index is -0.490. The fourth-order valence-electron chi connectivity index (χ4n) is 3.40. The molecule has 4 aromatic rings. The second-order valence-corrected chi connectivity index (χ2v) is 7.86. The van der Waals surface area contributed by atoms with Gasteiger partial charge < -0.3 is 15.2 Å². The summed E-state index contributed by atoms with van der Waals surface area (Å²) in [5, 5.41) is 14.0. The molecule has 2 atom stereocenters. The zero-order chi connectivity index (χ0) is 20.0. The topological polar surface area (TPSA) is 80.2 Å². The lowest BCUT2D eigenvalue weighted by Crippen LogP contribution is -2.41. The van der Waals surface area contributed by atoms with E-state index in [4.69, 9.17) is 4.74 Å². The van der Waals surface area contributed by atoms with Crippen LogP contribution >= 0.6 is 15.9 Å². The zero-order valence-corrected chi connectivity index (χ0v) is 16.7. The molecule has 146 valence electrons. The predicted molar refractivity (Wildman–Crippen MR) is 112 cm³/mol. The third-order valence-electron chi connectivity index (χ3n) is 5.09. The quantitative estimate of drug-likeness (QED) is 0.464. The van der Waals surface area contributed by atoms with Crippen molar-refractivity contribution < 1.29 is 14.2 Å². The van der Waals surface area contributed by atoms with Gasteiger partial charge in [-0.3, -0.25) is 4.98 Å². The largest absolute Gasteiger partial charge is 0.487 e. The molecule has 1 aliphatic rings. The van der Waals surface area contributed by atoms with E-state index in [-0.39, 0.29) is 11.8 Å². The molecule has 0 spiro atoms. The van der Waals surface area contributed by atoms with E-state index in [9.17, 15) is 5.11 Å². The minimum Gasteiger partial charge on any atom is -0.487 e. The second kappa shape index (κ2) is 7.20. The number of fused-ring (bicyclic) bond motifs is 2. The molecule has 0 radical (unpaired) electrons. The number of halogens is 2. The van der Waals surface area contributed by atoms with Crippen LogP contribution in [0, 0.1) is 5.82 Å². The molecule has 6 nitrogen and oxygen atoms in total. The average molecular weight is 455 g/mol. The van der Waals surface area contributed by atoms with E-state index < -0.39 is 11.9 Å². The van der Waals surface area contributed by atoms with Crippen LogP contribution in [0.4, 0.5) is 15.9 Å². The van der Waals surface area contributed by atoms with Gasteiger partial charge in [0.2, 0.25) is 0 Å². The zero-order valence-electron chi connectivity index (χ0n) is 15.1. The number of aliphatic hydroxyl groups excluding tert-OH is 1. The highest BCUT2D eigenvalue weighted by atomic mass is 79.9. The summed E-state index contributed by atoms with van der Waals surface area (Å²) in [4.78, 5) is 12.8. The van der Waals surface area contributed by atoms with Gasteiger partial charge in [0, 0.05) is 16.1 Å². The van der Waals surface area contributed by atoms with Crippen LogP contribution in [0.25, 0.3) is 21.8 Å². The lowest BCUT2D eigenvalue weighted by Gasteiger charge is -2.33. The van der Waals surface area contributed by atoms with Crippen LogP contribution in [0.15, 0.2) is 53.4 Å². The van der Waals surface area contributed by atoms with Gasteiger partial charge >= 0.3 is 0 Å². The molecular weight excluding hydrogens is 439 g/mol. The van der Waals surface area contributed by atoms with Gasteiger partial charge in [0.15, 0.2) is 5.82 Å². The minimum absolute atomic E-state index is 0.274. The summed E-state index contributed by atoms with van der Waals surface area (Å²) in [7, 11) is 0. The molecule has 0 saturated heterocycles. The molecule has 8 heteroatoms. The van der Waals surface area contributed by atoms with Crippen molar-refractivity contribution >= 4 is 49.2 Å². The third kappa shape index (κ3) is 3.28. The van der Waals surface area contributed by atoms with Gasteiger partial charge in [0.05, 0.1) is 28.2 Å². The van der Waals surface area contributed by atoms with E-state index in [0.717, 1.165) is 10.9 Å². The Kier molecular flexibility index (Phi) is 4.52. The maximum Gasteiger partial charge on any atom is 0.156 e. The smallest absolute Gasteiger partial charge is 0.156 e. The van der Waals surface area contributed by atoms with Crippen LogP contribution in [-0.4, -0.2) is 32.3 Å². The molecule has 2 aromatic carbocycles. The molecule has 0 aliphatic heterocycles. The summed E-state index contributed by atoms with van der Waals surface area (Å²) < 4.78 is 21.9. The Balaban J connectivity index is 1.61. The van der Waals surface area contributed by atoms with Crippen LogP contribution < -0.4 is 10.1 Å². The number of pyridine rings is 1. The van der Waals surface area contributed by atoms with Gasteiger partial charge in [-0.2, -0.15) is 0 Å². The van der Waals surface area contributed by atoms with Gasteiger partial charge in [-0.25, -0.2) is 14.4 Å². The van der Waals surface area contributed by atoms with Crippen LogP contribution in [0.3, 0.4) is 0 Å². The van der Waals surface area contributed by atoms with Crippen molar-refractivity contribution in [3.05, 3.63) is 59.2 Å². The molecule has 2 heterocycles. The number of aromatic nitrogens is 3. The molecule has 1 saturated carbocycles. The molecule has 0 amide bonds. The Labute approximate surface area is 173 Å². The number of nitrogens with zero attached hydrogens (tertiary/aromatic N) is 3. The van der Waals surface area contributed by atoms with E-state index >= 15 is 4.39 Å². The molecule has 2 N–H and O–H groups in total. The van der Waals surface area contributed by atoms with E-state index in [0.29, 0.717) is 39.8 Å². The normalized spacial score (nSPS) is 18.6. The van der Waals surface area contributed by atoms with Gasteiger partial charge in [0.25, 0.3) is 0 Å². The number of hydrogen-bond donors (Lipinski definition) is 2. The maximum atomic E-state index is 15.0. The van der Waals surface area contributed by atoms with Crippen molar-refractivity contribution in [2.45, 2.75) is 25.0 Å². The molecule has 1 fully saturated rings. The molecule has 0 unspecified atom stereocenters. The Morgan fingerprint density at radius 2 is 2.00 bits per heavy atom. The third-order valence-corrected chi connectivity index (χ3v) is 5.55. The summed E-state index contributed by atoms with van der Waals surface area (Å²) in [5.41, 5.74) is 1.50. The molecule has 2 aromatic heterocycles. The van der Waals surface area contributed by atoms with E-state index in [1.165, 1.54) is 6.33 Å². The number of anilines is 2. The summed E-state index contributed by atoms with van der Waals surface area (Å²) in [6.45, 7) is 0. The predicted octanol–water partition coefficient (Wildman–Crippen LogP) is 4.73. The lowest BCUT2D eigenvalue weighted by molar-refractivity contribution is -0.0354. The van der Waals surface area contributed by atoms with Crippen molar-refractivity contribution in [2.75, 3.05) is 5.32 Å². The first-order chi connectivity index (χ1) is 14.1. The standard InChI is InChI=1S/C21H16BrFN4O2/c22-11-8-15-19(18(9-11)29-17-6-5-16(17)28)21(26-10-25-15)27-14-4-3-13-12(20(14)23)2-1-7-24-13/h1-4,7-10,16-17,28H,5-6H2,(H,25,26,27)/t16-,17+/m1/s1. The van der Waals surface area contributed by atoms with Gasteiger partial charge in [-0.15, -0.1) is 0 Å². The summed E-state index contributed by atoms with van der Waals surface area (Å²) >= 11 is 3.47. The number of rotatable bonds is 4. The molecular formula is C21H16BrFN4O2. The first kappa shape index (κ1) is 18.2. The molecule has 1 aliphatic carbocycles. The fourth-order valence-corrected chi connectivity index (χ4v) is 3.83. The highest BCUT2D eigenvalue weighted by Gasteiger charge is 2.31. The first-order valence-electron chi connectivity index (χ1n) is 9.19. The van der Waals surface area contributed by atoms with E-state index in [1.54, 1.807) is 30.5 Å². The van der Waals surface area contributed by atoms with Crippen molar-refractivity contribution in [1.29, 1.82) is 0 Å². The molecule has 29 heavy (non-hydrogen) atoms. The highest BCUT2D eigenvalue weighted by Crippen LogP contribution is 2.38. The number of aliphatic hydroxyl groups is 1. The van der Waals surface area contributed by atoms with Crippen molar-refractivity contribution in [2.24, 2.45) is 0 Å². The molecule has 5 rings (SSSR count). The van der Waals surface area contributed by atoms with E-state index in [1.807, 2.05) is 12.1 Å². The van der Waals surface area contributed by atoms with Crippen molar-refractivity contribution in [3.63, 3.8) is 0 Å². The van der Waals surface area contributed by atoms with Crippen LogP contribution in [0.2, 0.25) is 0 Å². The second-order valence-electron chi connectivity index (χ2n) is 6.94. The maximum absolute atomic E-state index is 15.0. The van der Waals surface area contributed by atoms with Crippen molar-refractivity contribution in [1.82, 2.24) is 15.0 Å². The SMILES string of the molecule is O[C@@H]1CC[C@@H]1Oc1cc(Br)cc2ncnc(Nc3ccc4ncccc4c3F)c12. The van der Waals surface area contributed by atoms with Crippen LogP contribution in [0.1, 0.15) is 12.8 Å². The summed E-state index contributed by atoms with van der Waals surface area (Å²) in [6, 6.07) is 10.4. The summed E-state index contributed by atoms with van der Waals surface area (Å²) in [6.07, 6.45) is 3.77.